The van der Waals surface area contributed by atoms with Gasteiger partial charge in [-0.25, -0.2) is 0 Å². The zero-order chi connectivity index (χ0) is 19.1. The van der Waals surface area contributed by atoms with Crippen LogP contribution in [-0.4, -0.2) is 18.9 Å². The van der Waals surface area contributed by atoms with Gasteiger partial charge in [-0.1, -0.05) is 37.5 Å². The molecule has 0 radical (unpaired) electrons. The molecule has 1 saturated carbocycles. The number of hydrogen-bond acceptors (Lipinski definition) is 4. The molecule has 0 amide bonds. The standard InChI is InChI=1S/C23H24O4/c1-26-20-14-10-18(11-15-20)22(24)16-9-17-7-12-21(13-8-17)27-23(25)19-5-3-2-4-6-19/h7-16,19H,2-6H2,1H3/b16-9+. The number of ketones is 1. The smallest absolute Gasteiger partial charge is 0.314 e. The molecular formula is C23H24O4. The van der Waals surface area contributed by atoms with E-state index < -0.39 is 0 Å². The Hall–Kier alpha value is -2.88. The fraction of sp³-hybridized carbons (Fsp3) is 0.304. The van der Waals surface area contributed by atoms with Crippen molar-refractivity contribution in [2.45, 2.75) is 32.1 Å². The van der Waals surface area contributed by atoms with Gasteiger partial charge in [-0.05, 0) is 60.9 Å². The Morgan fingerprint density at radius 3 is 2.15 bits per heavy atom. The van der Waals surface area contributed by atoms with Crippen LogP contribution in [0.3, 0.4) is 0 Å². The van der Waals surface area contributed by atoms with Gasteiger partial charge in [0.2, 0.25) is 0 Å². The van der Waals surface area contributed by atoms with E-state index in [9.17, 15) is 9.59 Å². The lowest BCUT2D eigenvalue weighted by molar-refractivity contribution is -0.139. The van der Waals surface area contributed by atoms with Crippen molar-refractivity contribution >= 4 is 17.8 Å². The number of carbonyl (C=O) groups is 2. The van der Waals surface area contributed by atoms with Crippen LogP contribution in [0.15, 0.2) is 54.6 Å². The highest BCUT2D eigenvalue weighted by atomic mass is 16.5. The van der Waals surface area contributed by atoms with Crippen LogP contribution in [-0.2, 0) is 4.79 Å². The van der Waals surface area contributed by atoms with E-state index in [4.69, 9.17) is 9.47 Å². The fourth-order valence-electron chi connectivity index (χ4n) is 3.21. The Balaban J connectivity index is 1.57. The van der Waals surface area contributed by atoms with Crippen molar-refractivity contribution < 1.29 is 19.1 Å². The molecule has 140 valence electrons. The zero-order valence-corrected chi connectivity index (χ0v) is 15.5. The summed E-state index contributed by atoms with van der Waals surface area (Å²) in [6.07, 6.45) is 8.54. The van der Waals surface area contributed by atoms with Gasteiger partial charge in [0, 0.05) is 5.56 Å². The third-order valence-electron chi connectivity index (χ3n) is 4.84. The van der Waals surface area contributed by atoms with Crippen LogP contribution in [0.1, 0.15) is 48.0 Å². The van der Waals surface area contributed by atoms with Gasteiger partial charge in [0.15, 0.2) is 5.78 Å². The Morgan fingerprint density at radius 1 is 0.889 bits per heavy atom. The van der Waals surface area contributed by atoms with Crippen molar-refractivity contribution in [3.63, 3.8) is 0 Å². The molecule has 27 heavy (non-hydrogen) atoms. The highest BCUT2D eigenvalue weighted by Crippen LogP contribution is 2.25. The van der Waals surface area contributed by atoms with Crippen molar-refractivity contribution in [1.82, 2.24) is 0 Å². The molecule has 1 fully saturated rings. The van der Waals surface area contributed by atoms with Gasteiger partial charge >= 0.3 is 5.97 Å². The zero-order valence-electron chi connectivity index (χ0n) is 15.5. The Labute approximate surface area is 159 Å². The number of carbonyl (C=O) groups excluding carboxylic acids is 2. The minimum absolute atomic E-state index is 0.0282. The second-order valence-corrected chi connectivity index (χ2v) is 6.75. The molecule has 4 nitrogen and oxygen atoms in total. The lowest BCUT2D eigenvalue weighted by Crippen LogP contribution is -2.22. The summed E-state index contributed by atoms with van der Waals surface area (Å²) in [5, 5.41) is 0. The van der Waals surface area contributed by atoms with Crippen molar-refractivity contribution in [2.24, 2.45) is 5.92 Å². The summed E-state index contributed by atoms with van der Waals surface area (Å²) < 4.78 is 10.6. The molecule has 0 spiro atoms. The highest BCUT2D eigenvalue weighted by molar-refractivity contribution is 6.06. The molecule has 1 aliphatic rings. The summed E-state index contributed by atoms with van der Waals surface area (Å²) in [5.41, 5.74) is 1.47. The van der Waals surface area contributed by atoms with E-state index in [1.54, 1.807) is 49.6 Å². The van der Waals surface area contributed by atoms with Gasteiger partial charge < -0.3 is 9.47 Å². The minimum Gasteiger partial charge on any atom is -0.497 e. The molecule has 0 heterocycles. The highest BCUT2D eigenvalue weighted by Gasteiger charge is 2.22. The summed E-state index contributed by atoms with van der Waals surface area (Å²) in [6.45, 7) is 0. The first-order chi connectivity index (χ1) is 13.2. The van der Waals surface area contributed by atoms with Gasteiger partial charge in [-0.15, -0.1) is 0 Å². The van der Waals surface area contributed by atoms with Crippen molar-refractivity contribution in [3.05, 3.63) is 65.7 Å². The van der Waals surface area contributed by atoms with Gasteiger partial charge in [-0.2, -0.15) is 0 Å². The quantitative estimate of drug-likeness (QED) is 0.310. The van der Waals surface area contributed by atoms with Gasteiger partial charge in [0.25, 0.3) is 0 Å². The van der Waals surface area contributed by atoms with Crippen LogP contribution < -0.4 is 9.47 Å². The first-order valence-electron chi connectivity index (χ1n) is 9.34. The van der Waals surface area contributed by atoms with Crippen LogP contribution in [0.25, 0.3) is 6.08 Å². The first-order valence-corrected chi connectivity index (χ1v) is 9.34. The van der Waals surface area contributed by atoms with E-state index >= 15 is 0 Å². The van der Waals surface area contributed by atoms with E-state index in [0.717, 1.165) is 31.2 Å². The van der Waals surface area contributed by atoms with E-state index in [1.165, 1.54) is 12.5 Å². The second-order valence-electron chi connectivity index (χ2n) is 6.75. The molecule has 3 rings (SSSR count). The van der Waals surface area contributed by atoms with Crippen LogP contribution in [0, 0.1) is 5.92 Å². The van der Waals surface area contributed by atoms with Crippen LogP contribution in [0.2, 0.25) is 0 Å². The predicted molar refractivity (Wildman–Crippen MR) is 105 cm³/mol. The lowest BCUT2D eigenvalue weighted by atomic mass is 9.89. The Bertz CT molecular complexity index is 797. The van der Waals surface area contributed by atoms with Gasteiger partial charge in [0.05, 0.1) is 13.0 Å². The maximum absolute atomic E-state index is 12.2. The molecule has 0 unspecified atom stereocenters. The largest absolute Gasteiger partial charge is 0.497 e. The molecule has 4 heteroatoms. The molecule has 0 N–H and O–H groups in total. The second kappa shape index (κ2) is 9.17. The van der Waals surface area contributed by atoms with E-state index in [-0.39, 0.29) is 17.7 Å². The Kier molecular flexibility index (Phi) is 6.42. The number of benzene rings is 2. The summed E-state index contributed by atoms with van der Waals surface area (Å²) in [6, 6.07) is 14.2. The number of ether oxygens (including phenoxy) is 2. The number of methoxy groups -OCH3 is 1. The van der Waals surface area contributed by atoms with Gasteiger partial charge in [0.1, 0.15) is 11.5 Å². The van der Waals surface area contributed by atoms with Crippen molar-refractivity contribution in [1.29, 1.82) is 0 Å². The molecule has 0 atom stereocenters. The van der Waals surface area contributed by atoms with Crippen molar-refractivity contribution in [2.75, 3.05) is 7.11 Å². The molecule has 0 aromatic heterocycles. The molecule has 2 aromatic carbocycles. The number of allylic oxidation sites excluding steroid dienone is 1. The Morgan fingerprint density at radius 2 is 1.52 bits per heavy atom. The average molecular weight is 364 g/mol. The van der Waals surface area contributed by atoms with Crippen molar-refractivity contribution in [3.8, 4) is 11.5 Å². The topological polar surface area (TPSA) is 52.6 Å². The molecule has 0 saturated heterocycles. The summed E-state index contributed by atoms with van der Waals surface area (Å²) in [4.78, 5) is 24.4. The normalized spacial score (nSPS) is 14.9. The first kappa shape index (κ1) is 18.9. The molecule has 0 bridgehead atoms. The van der Waals surface area contributed by atoms with Crippen LogP contribution in [0.5, 0.6) is 11.5 Å². The maximum atomic E-state index is 12.2. The van der Waals surface area contributed by atoms with Crippen LogP contribution in [0.4, 0.5) is 0 Å². The van der Waals surface area contributed by atoms with E-state index in [1.807, 2.05) is 12.1 Å². The summed E-state index contributed by atoms with van der Waals surface area (Å²) in [7, 11) is 1.59. The third kappa shape index (κ3) is 5.30. The lowest BCUT2D eigenvalue weighted by Gasteiger charge is -2.19. The molecule has 2 aromatic rings. The third-order valence-corrected chi connectivity index (χ3v) is 4.84. The number of rotatable bonds is 6. The molecule has 1 aliphatic carbocycles. The number of hydrogen-bond donors (Lipinski definition) is 0. The fourth-order valence-corrected chi connectivity index (χ4v) is 3.21. The van der Waals surface area contributed by atoms with Gasteiger partial charge in [-0.3, -0.25) is 9.59 Å². The maximum Gasteiger partial charge on any atom is 0.314 e. The molecular weight excluding hydrogens is 340 g/mol. The monoisotopic (exact) mass is 364 g/mol. The average Bonchev–Trinajstić information content (AvgIpc) is 2.73. The van der Waals surface area contributed by atoms with Crippen LogP contribution >= 0.6 is 0 Å². The van der Waals surface area contributed by atoms with E-state index in [2.05, 4.69) is 0 Å². The summed E-state index contributed by atoms with van der Waals surface area (Å²) >= 11 is 0. The summed E-state index contributed by atoms with van der Waals surface area (Å²) in [5.74, 6) is 1.08. The predicted octanol–water partition coefficient (Wildman–Crippen LogP) is 5.08. The number of esters is 1. The van der Waals surface area contributed by atoms with E-state index in [0.29, 0.717) is 17.1 Å². The minimum atomic E-state index is -0.132. The SMILES string of the molecule is COc1ccc(C(=O)/C=C/c2ccc(OC(=O)C3CCCCC3)cc2)cc1. The molecule has 0 aliphatic heterocycles.